The van der Waals surface area contributed by atoms with Gasteiger partial charge in [0.15, 0.2) is 0 Å². The molecular weight excluding hydrogens is 158 g/mol. The van der Waals surface area contributed by atoms with E-state index >= 15 is 0 Å². The quantitative estimate of drug-likeness (QED) is 0.670. The van der Waals surface area contributed by atoms with Crippen LogP contribution in [0.1, 0.15) is 17.2 Å². The molecule has 0 bridgehead atoms. The van der Waals surface area contributed by atoms with E-state index in [-0.39, 0.29) is 6.61 Å². The summed E-state index contributed by atoms with van der Waals surface area (Å²) in [6.07, 6.45) is 1.06. The summed E-state index contributed by atoms with van der Waals surface area (Å²) in [4.78, 5) is 1.32. The van der Waals surface area contributed by atoms with Crippen LogP contribution in [0.5, 0.6) is 0 Å². The lowest BCUT2D eigenvalue weighted by molar-refractivity contribution is 0.261. The van der Waals surface area contributed by atoms with Crippen molar-refractivity contribution in [3.8, 4) is 0 Å². The molecule has 0 fully saturated rings. The van der Waals surface area contributed by atoms with E-state index in [1.165, 1.54) is 10.6 Å². The molecule has 1 aromatic heterocycles. The highest BCUT2D eigenvalue weighted by Gasteiger charge is 2.19. The van der Waals surface area contributed by atoms with Gasteiger partial charge in [0.1, 0.15) is 0 Å². The Balaban J connectivity index is 2.32. The van der Waals surface area contributed by atoms with Crippen molar-refractivity contribution in [1.29, 1.82) is 0 Å². The van der Waals surface area contributed by atoms with Crippen LogP contribution in [0.15, 0.2) is 11.4 Å². The first kappa shape index (κ1) is 7.13. The molecular formula is C8H11NOS. The Labute approximate surface area is 69.9 Å². The number of fused-ring (bicyclic) bond motifs is 1. The average Bonchev–Trinajstić information content (AvgIpc) is 2.50. The van der Waals surface area contributed by atoms with Gasteiger partial charge in [-0.05, 0) is 17.9 Å². The molecule has 60 valence electrons. The van der Waals surface area contributed by atoms with Crippen LogP contribution in [0.4, 0.5) is 5.69 Å². The summed E-state index contributed by atoms with van der Waals surface area (Å²) in [6.45, 7) is 1.28. The largest absolute Gasteiger partial charge is 0.396 e. The van der Waals surface area contributed by atoms with Gasteiger partial charge in [0.05, 0.1) is 6.61 Å². The highest BCUT2D eigenvalue weighted by Crippen LogP contribution is 2.35. The van der Waals surface area contributed by atoms with Gasteiger partial charge in [0.25, 0.3) is 0 Å². The predicted octanol–water partition coefficient (Wildman–Crippen LogP) is 1.64. The van der Waals surface area contributed by atoms with E-state index in [4.69, 9.17) is 5.11 Å². The highest BCUT2D eigenvalue weighted by molar-refractivity contribution is 7.10. The molecule has 1 unspecified atom stereocenters. The van der Waals surface area contributed by atoms with Crippen molar-refractivity contribution in [2.24, 2.45) is 0 Å². The van der Waals surface area contributed by atoms with Gasteiger partial charge >= 0.3 is 0 Å². The van der Waals surface area contributed by atoms with Gasteiger partial charge in [-0.15, -0.1) is 11.3 Å². The lowest BCUT2D eigenvalue weighted by Crippen LogP contribution is -2.16. The molecule has 1 aliphatic heterocycles. The van der Waals surface area contributed by atoms with Crippen molar-refractivity contribution in [3.05, 3.63) is 16.3 Å². The monoisotopic (exact) mass is 169 g/mol. The van der Waals surface area contributed by atoms with Crippen LogP contribution in [0, 0.1) is 0 Å². The zero-order valence-electron chi connectivity index (χ0n) is 6.21. The van der Waals surface area contributed by atoms with E-state index in [9.17, 15) is 0 Å². The van der Waals surface area contributed by atoms with Gasteiger partial charge in [-0.25, -0.2) is 0 Å². The number of hydrogen-bond donors (Lipinski definition) is 2. The Bertz CT molecular complexity index is 246. The molecule has 11 heavy (non-hydrogen) atoms. The van der Waals surface area contributed by atoms with Gasteiger partial charge in [0, 0.05) is 23.0 Å². The lowest BCUT2D eigenvalue weighted by Gasteiger charge is -2.21. The number of rotatable bonds is 1. The van der Waals surface area contributed by atoms with Crippen LogP contribution >= 0.6 is 11.3 Å². The highest BCUT2D eigenvalue weighted by atomic mass is 32.1. The SMILES string of the molecule is OCC1CCNc2ccsc21. The maximum Gasteiger partial charge on any atom is 0.0509 e. The summed E-state index contributed by atoms with van der Waals surface area (Å²) in [6, 6.07) is 2.09. The Hall–Kier alpha value is -0.540. The van der Waals surface area contributed by atoms with Gasteiger partial charge < -0.3 is 10.4 Å². The van der Waals surface area contributed by atoms with E-state index in [2.05, 4.69) is 16.8 Å². The molecule has 1 aromatic rings. The Morgan fingerprint density at radius 1 is 1.73 bits per heavy atom. The Kier molecular flexibility index (Phi) is 1.84. The normalized spacial score (nSPS) is 22.5. The van der Waals surface area contributed by atoms with Crippen LogP contribution < -0.4 is 5.32 Å². The van der Waals surface area contributed by atoms with Crippen molar-refractivity contribution >= 4 is 17.0 Å². The molecule has 0 radical (unpaired) electrons. The zero-order valence-corrected chi connectivity index (χ0v) is 7.03. The maximum atomic E-state index is 9.04. The molecule has 2 N–H and O–H groups in total. The fourth-order valence-corrected chi connectivity index (χ4v) is 2.47. The van der Waals surface area contributed by atoms with Crippen LogP contribution in [0.25, 0.3) is 0 Å². The van der Waals surface area contributed by atoms with Gasteiger partial charge in [-0.1, -0.05) is 0 Å². The van der Waals surface area contributed by atoms with Gasteiger partial charge in [0.2, 0.25) is 0 Å². The van der Waals surface area contributed by atoms with Crippen molar-refractivity contribution < 1.29 is 5.11 Å². The van der Waals surface area contributed by atoms with E-state index in [1.54, 1.807) is 11.3 Å². The number of hydrogen-bond acceptors (Lipinski definition) is 3. The molecule has 2 nitrogen and oxygen atoms in total. The fraction of sp³-hybridized carbons (Fsp3) is 0.500. The number of nitrogens with one attached hydrogen (secondary N) is 1. The van der Waals surface area contributed by atoms with Crippen molar-refractivity contribution in [2.45, 2.75) is 12.3 Å². The predicted molar refractivity (Wildman–Crippen MR) is 47.3 cm³/mol. The smallest absolute Gasteiger partial charge is 0.0509 e. The third-order valence-corrected chi connectivity index (χ3v) is 3.17. The molecule has 0 spiro atoms. The summed E-state index contributed by atoms with van der Waals surface area (Å²) in [7, 11) is 0. The van der Waals surface area contributed by atoms with Crippen LogP contribution in [-0.2, 0) is 0 Å². The second-order valence-corrected chi connectivity index (χ2v) is 3.74. The first-order valence-corrected chi connectivity index (χ1v) is 4.72. The summed E-state index contributed by atoms with van der Waals surface area (Å²) < 4.78 is 0. The lowest BCUT2D eigenvalue weighted by atomic mass is 10.0. The van der Waals surface area contributed by atoms with E-state index < -0.39 is 0 Å². The topological polar surface area (TPSA) is 32.3 Å². The molecule has 1 atom stereocenters. The zero-order chi connectivity index (χ0) is 7.68. The molecule has 2 heterocycles. The third kappa shape index (κ3) is 1.14. The molecule has 0 aromatic carbocycles. The minimum Gasteiger partial charge on any atom is -0.396 e. The molecule has 1 aliphatic rings. The van der Waals surface area contributed by atoms with Crippen molar-refractivity contribution in [2.75, 3.05) is 18.5 Å². The minimum absolute atomic E-state index is 0.287. The minimum atomic E-state index is 0.287. The van der Waals surface area contributed by atoms with Crippen LogP contribution in [-0.4, -0.2) is 18.3 Å². The number of thiophene rings is 1. The third-order valence-electron chi connectivity index (χ3n) is 2.09. The molecule has 2 rings (SSSR count). The van der Waals surface area contributed by atoms with Crippen LogP contribution in [0.2, 0.25) is 0 Å². The first-order chi connectivity index (χ1) is 5.42. The van der Waals surface area contributed by atoms with Gasteiger partial charge in [-0.2, -0.15) is 0 Å². The Morgan fingerprint density at radius 2 is 2.64 bits per heavy atom. The summed E-state index contributed by atoms with van der Waals surface area (Å²) in [5.41, 5.74) is 1.22. The van der Waals surface area contributed by atoms with E-state index in [0.717, 1.165) is 13.0 Å². The first-order valence-electron chi connectivity index (χ1n) is 3.84. The van der Waals surface area contributed by atoms with Gasteiger partial charge in [-0.3, -0.25) is 0 Å². The van der Waals surface area contributed by atoms with E-state index in [1.807, 2.05) is 0 Å². The van der Waals surface area contributed by atoms with E-state index in [0.29, 0.717) is 5.92 Å². The summed E-state index contributed by atoms with van der Waals surface area (Å²) in [5.74, 6) is 0.381. The summed E-state index contributed by atoms with van der Waals surface area (Å²) >= 11 is 1.74. The van der Waals surface area contributed by atoms with Crippen molar-refractivity contribution in [1.82, 2.24) is 0 Å². The standard InChI is InChI=1S/C8H11NOS/c10-5-6-1-3-9-7-2-4-11-8(6)7/h2,4,6,9-10H,1,3,5H2. The molecule has 0 amide bonds. The Morgan fingerprint density at radius 3 is 3.45 bits per heavy atom. The number of aliphatic hydroxyl groups is 1. The molecule has 0 saturated heterocycles. The van der Waals surface area contributed by atoms with Crippen molar-refractivity contribution in [3.63, 3.8) is 0 Å². The molecule has 0 aliphatic carbocycles. The number of aliphatic hydroxyl groups excluding tert-OH is 1. The second-order valence-electron chi connectivity index (χ2n) is 2.79. The number of anilines is 1. The van der Waals surface area contributed by atoms with Crippen LogP contribution in [0.3, 0.4) is 0 Å². The molecule has 0 saturated carbocycles. The second kappa shape index (κ2) is 2.83. The maximum absolute atomic E-state index is 9.04. The molecule has 3 heteroatoms. The fourth-order valence-electron chi connectivity index (χ4n) is 1.47. The average molecular weight is 169 g/mol. The summed E-state index contributed by atoms with van der Waals surface area (Å²) in [5, 5.41) is 14.4.